The summed E-state index contributed by atoms with van der Waals surface area (Å²) >= 11 is 1.94. The lowest BCUT2D eigenvalue weighted by atomic mass is 9.91. The van der Waals surface area contributed by atoms with E-state index in [1.165, 1.54) is 47.9 Å². The second-order valence-corrected chi connectivity index (χ2v) is 9.78. The van der Waals surface area contributed by atoms with E-state index in [0.717, 1.165) is 50.5 Å². The number of amides is 1. The highest BCUT2D eigenvalue weighted by molar-refractivity contribution is 7.11. The number of piperidine rings is 1. The van der Waals surface area contributed by atoms with Crippen LogP contribution >= 0.6 is 11.3 Å². The molecule has 0 radical (unpaired) electrons. The number of hydrogen-bond acceptors (Lipinski definition) is 6. The van der Waals surface area contributed by atoms with Gasteiger partial charge in [0.05, 0.1) is 16.4 Å². The number of aromatic nitrogens is 3. The van der Waals surface area contributed by atoms with Gasteiger partial charge in [0.2, 0.25) is 0 Å². The zero-order chi connectivity index (χ0) is 19.8. The fourth-order valence-electron chi connectivity index (χ4n) is 4.70. The van der Waals surface area contributed by atoms with Crippen LogP contribution in [0.3, 0.4) is 0 Å². The van der Waals surface area contributed by atoms with Gasteiger partial charge in [-0.1, -0.05) is 6.42 Å². The summed E-state index contributed by atoms with van der Waals surface area (Å²) in [7, 11) is 0. The first-order chi connectivity index (χ1) is 14.2. The van der Waals surface area contributed by atoms with Crippen LogP contribution in [0.25, 0.3) is 0 Å². The largest absolute Gasteiger partial charge is 0.337 e. The minimum absolute atomic E-state index is 0.00181. The molecule has 6 nitrogen and oxygen atoms in total. The van der Waals surface area contributed by atoms with Crippen molar-refractivity contribution in [1.29, 1.82) is 0 Å². The predicted octanol–water partition coefficient (Wildman–Crippen LogP) is 3.21. The van der Waals surface area contributed by atoms with Crippen molar-refractivity contribution in [3.63, 3.8) is 0 Å². The van der Waals surface area contributed by atoms with Crippen LogP contribution in [0, 0.1) is 6.92 Å². The van der Waals surface area contributed by atoms with Crippen molar-refractivity contribution < 1.29 is 4.79 Å². The average molecular weight is 412 g/mol. The van der Waals surface area contributed by atoms with Gasteiger partial charge < -0.3 is 4.90 Å². The first-order valence-electron chi connectivity index (χ1n) is 11.0. The average Bonchev–Trinajstić information content (AvgIpc) is 3.02. The SMILES string of the molecule is Cc1ccc(C(=O)N2CCC(c3nc4c(s3)CCN(C3CCC3)CC4)CC2)nn1. The van der Waals surface area contributed by atoms with Gasteiger partial charge in [-0.2, -0.15) is 5.10 Å². The number of thiazole rings is 1. The Morgan fingerprint density at radius 3 is 2.52 bits per heavy atom. The van der Waals surface area contributed by atoms with Crippen molar-refractivity contribution in [3.8, 4) is 0 Å². The lowest BCUT2D eigenvalue weighted by Gasteiger charge is -2.36. The lowest BCUT2D eigenvalue weighted by molar-refractivity contribution is 0.0705. The van der Waals surface area contributed by atoms with Gasteiger partial charge in [0.25, 0.3) is 5.91 Å². The standard InChI is InChI=1S/C22H29N5OS/c1-15-5-6-19(25-24-15)22(28)27-11-7-16(8-12-27)21-23-18-9-13-26(17-3-2-4-17)14-10-20(18)29-21/h5-6,16-17H,2-4,7-14H2,1H3. The number of likely N-dealkylation sites (tertiary alicyclic amines) is 1. The molecule has 0 unspecified atom stereocenters. The number of fused-ring (bicyclic) bond motifs is 1. The normalized spacial score (nSPS) is 21.5. The van der Waals surface area contributed by atoms with Gasteiger partial charge in [-0.3, -0.25) is 9.69 Å². The number of rotatable bonds is 3. The summed E-state index contributed by atoms with van der Waals surface area (Å²) in [4.78, 5) is 23.9. The minimum atomic E-state index is 0.00181. The van der Waals surface area contributed by atoms with E-state index < -0.39 is 0 Å². The highest BCUT2D eigenvalue weighted by Crippen LogP contribution is 2.35. The van der Waals surface area contributed by atoms with E-state index in [-0.39, 0.29) is 5.91 Å². The Bertz CT molecular complexity index is 842. The molecule has 0 N–H and O–H groups in total. The van der Waals surface area contributed by atoms with Crippen LogP contribution in [0.5, 0.6) is 0 Å². The minimum Gasteiger partial charge on any atom is -0.337 e. The maximum absolute atomic E-state index is 12.7. The van der Waals surface area contributed by atoms with Crippen LogP contribution in [0.1, 0.15) is 69.8 Å². The summed E-state index contributed by atoms with van der Waals surface area (Å²) in [5.74, 6) is 0.491. The smallest absolute Gasteiger partial charge is 0.274 e. The molecule has 29 heavy (non-hydrogen) atoms. The number of nitrogens with zero attached hydrogens (tertiary/aromatic N) is 5. The molecule has 154 valence electrons. The molecule has 1 saturated heterocycles. The Balaban J connectivity index is 1.19. The van der Waals surface area contributed by atoms with Gasteiger partial charge in [-0.05, 0) is 51.2 Å². The zero-order valence-corrected chi connectivity index (χ0v) is 18.0. The molecule has 0 spiro atoms. The van der Waals surface area contributed by atoms with Crippen LogP contribution in [0.15, 0.2) is 12.1 Å². The fourth-order valence-corrected chi connectivity index (χ4v) is 5.97. The van der Waals surface area contributed by atoms with E-state index in [0.29, 0.717) is 11.6 Å². The van der Waals surface area contributed by atoms with Crippen molar-refractivity contribution in [2.24, 2.45) is 0 Å². The molecule has 2 fully saturated rings. The number of aryl methyl sites for hydroxylation is 1. The molecule has 1 amide bonds. The van der Waals surface area contributed by atoms with E-state index in [9.17, 15) is 4.79 Å². The summed E-state index contributed by atoms with van der Waals surface area (Å²) in [5.41, 5.74) is 2.63. The molecular weight excluding hydrogens is 382 g/mol. The molecule has 1 aliphatic carbocycles. The summed E-state index contributed by atoms with van der Waals surface area (Å²) < 4.78 is 0. The van der Waals surface area contributed by atoms with Crippen LogP contribution < -0.4 is 0 Å². The molecule has 2 aliphatic heterocycles. The van der Waals surface area contributed by atoms with Crippen LogP contribution in [0.4, 0.5) is 0 Å². The van der Waals surface area contributed by atoms with Crippen molar-refractivity contribution in [2.75, 3.05) is 26.2 Å². The maximum atomic E-state index is 12.7. The molecule has 2 aromatic heterocycles. The predicted molar refractivity (Wildman–Crippen MR) is 113 cm³/mol. The van der Waals surface area contributed by atoms with Gasteiger partial charge in [-0.25, -0.2) is 4.98 Å². The first-order valence-corrected chi connectivity index (χ1v) is 11.8. The highest BCUT2D eigenvalue weighted by atomic mass is 32.1. The van der Waals surface area contributed by atoms with Gasteiger partial charge in [0.1, 0.15) is 0 Å². The van der Waals surface area contributed by atoms with Gasteiger partial charge >= 0.3 is 0 Å². The van der Waals surface area contributed by atoms with Crippen LogP contribution in [-0.2, 0) is 12.8 Å². The molecule has 1 saturated carbocycles. The second kappa shape index (κ2) is 8.11. The van der Waals surface area contributed by atoms with Crippen molar-refractivity contribution in [1.82, 2.24) is 25.0 Å². The van der Waals surface area contributed by atoms with Gasteiger partial charge in [0, 0.05) is 49.4 Å². The van der Waals surface area contributed by atoms with Gasteiger partial charge in [0.15, 0.2) is 5.69 Å². The Hall–Kier alpha value is -1.86. The summed E-state index contributed by atoms with van der Waals surface area (Å²) in [6.07, 6.45) is 8.43. The highest BCUT2D eigenvalue weighted by Gasteiger charge is 2.30. The summed E-state index contributed by atoms with van der Waals surface area (Å²) in [5, 5.41) is 9.38. The first kappa shape index (κ1) is 19.1. The Morgan fingerprint density at radius 2 is 1.83 bits per heavy atom. The number of hydrogen-bond donors (Lipinski definition) is 0. The Kier molecular flexibility index (Phi) is 5.35. The zero-order valence-electron chi connectivity index (χ0n) is 17.1. The molecule has 4 heterocycles. The van der Waals surface area contributed by atoms with E-state index >= 15 is 0 Å². The lowest BCUT2D eigenvalue weighted by Crippen LogP contribution is -2.41. The molecule has 0 bridgehead atoms. The topological polar surface area (TPSA) is 62.2 Å². The number of carbonyl (C=O) groups excluding carboxylic acids is 1. The van der Waals surface area contributed by atoms with Crippen molar-refractivity contribution in [3.05, 3.63) is 39.1 Å². The third kappa shape index (κ3) is 3.94. The molecule has 0 aromatic carbocycles. The van der Waals surface area contributed by atoms with Crippen LogP contribution in [0.2, 0.25) is 0 Å². The number of carbonyl (C=O) groups is 1. The van der Waals surface area contributed by atoms with E-state index in [2.05, 4.69) is 15.1 Å². The molecule has 7 heteroatoms. The second-order valence-electron chi connectivity index (χ2n) is 8.67. The Morgan fingerprint density at radius 1 is 1.03 bits per heavy atom. The molecular formula is C22H29N5OS. The molecule has 2 aromatic rings. The molecule has 5 rings (SSSR count). The Labute approximate surface area is 176 Å². The van der Waals surface area contributed by atoms with Crippen molar-refractivity contribution >= 4 is 17.2 Å². The van der Waals surface area contributed by atoms with Crippen LogP contribution in [-0.4, -0.2) is 63.1 Å². The van der Waals surface area contributed by atoms with E-state index in [4.69, 9.17) is 4.98 Å². The van der Waals surface area contributed by atoms with E-state index in [1.807, 2.05) is 29.2 Å². The monoisotopic (exact) mass is 411 g/mol. The fraction of sp³-hybridized carbons (Fsp3) is 0.636. The maximum Gasteiger partial charge on any atom is 0.274 e. The quantitative estimate of drug-likeness (QED) is 0.776. The van der Waals surface area contributed by atoms with E-state index in [1.54, 1.807) is 6.07 Å². The molecule has 3 aliphatic rings. The summed E-state index contributed by atoms with van der Waals surface area (Å²) in [6, 6.07) is 4.46. The molecule has 0 atom stereocenters. The van der Waals surface area contributed by atoms with Gasteiger partial charge in [-0.15, -0.1) is 16.4 Å². The summed E-state index contributed by atoms with van der Waals surface area (Å²) in [6.45, 7) is 5.81. The van der Waals surface area contributed by atoms with Crippen molar-refractivity contribution in [2.45, 2.75) is 63.8 Å². The third-order valence-corrected chi connectivity index (χ3v) is 8.12. The third-order valence-electron chi connectivity index (χ3n) is 6.80.